The fourth-order valence-electron chi connectivity index (χ4n) is 3.51. The van der Waals surface area contributed by atoms with E-state index >= 15 is 0 Å². The highest BCUT2D eigenvalue weighted by Crippen LogP contribution is 2.41. The van der Waals surface area contributed by atoms with Crippen LogP contribution in [-0.2, 0) is 11.2 Å². The number of carbonyl (C=O) groups is 1. The third kappa shape index (κ3) is 3.51. The van der Waals surface area contributed by atoms with E-state index in [1.54, 1.807) is 0 Å². The van der Waals surface area contributed by atoms with Gasteiger partial charge >= 0.3 is 0 Å². The minimum absolute atomic E-state index is 0.0270. The van der Waals surface area contributed by atoms with Crippen molar-refractivity contribution in [3.63, 3.8) is 0 Å². The number of allylic oxidation sites excluding steroid dienone is 1. The number of aromatic hydroxyl groups is 1. The second-order valence-electron chi connectivity index (χ2n) is 6.53. The summed E-state index contributed by atoms with van der Waals surface area (Å²) in [6.45, 7) is 0. The minimum Gasteiger partial charge on any atom is -0.492 e. The van der Waals surface area contributed by atoms with Crippen molar-refractivity contribution in [1.82, 2.24) is 4.98 Å². The number of aromatic nitrogens is 1. The van der Waals surface area contributed by atoms with Gasteiger partial charge in [-0.25, -0.2) is 4.39 Å². The van der Waals surface area contributed by atoms with Crippen LogP contribution < -0.4 is 10.6 Å². The first-order chi connectivity index (χ1) is 12.1. The van der Waals surface area contributed by atoms with Gasteiger partial charge < -0.3 is 15.7 Å². The van der Waals surface area contributed by atoms with Gasteiger partial charge in [-0.3, -0.25) is 4.79 Å². The van der Waals surface area contributed by atoms with Crippen molar-refractivity contribution in [2.75, 3.05) is 10.6 Å². The number of carbonyl (C=O) groups excluding carboxylic acids is 1. The van der Waals surface area contributed by atoms with Gasteiger partial charge in [-0.15, -0.1) is 0 Å². The van der Waals surface area contributed by atoms with Crippen LogP contribution >= 0.6 is 11.3 Å². The molecule has 5 nitrogen and oxygen atoms in total. The minimum atomic E-state index is -0.357. The molecule has 0 aliphatic heterocycles. The van der Waals surface area contributed by atoms with E-state index in [1.807, 2.05) is 0 Å². The van der Waals surface area contributed by atoms with Gasteiger partial charge in [-0.05, 0) is 48.9 Å². The Hall–Kier alpha value is -2.41. The Labute approximate surface area is 148 Å². The molecule has 1 fully saturated rings. The molecular formula is C18H18FN3O2S. The number of anilines is 2. The molecule has 25 heavy (non-hydrogen) atoms. The maximum atomic E-state index is 12.9. The summed E-state index contributed by atoms with van der Waals surface area (Å²) in [7, 11) is 0. The molecule has 2 bridgehead atoms. The monoisotopic (exact) mass is 359 g/mol. The van der Waals surface area contributed by atoms with Crippen LogP contribution in [0.4, 0.5) is 15.2 Å². The van der Waals surface area contributed by atoms with Crippen molar-refractivity contribution in [2.45, 2.75) is 25.3 Å². The molecule has 2 aliphatic rings. The highest BCUT2D eigenvalue weighted by molar-refractivity contribution is 7.16. The van der Waals surface area contributed by atoms with Crippen molar-refractivity contribution in [1.29, 1.82) is 0 Å². The molecule has 1 heterocycles. The molecule has 4 rings (SSSR count). The zero-order valence-electron chi connectivity index (χ0n) is 13.4. The van der Waals surface area contributed by atoms with Gasteiger partial charge in [0.05, 0.1) is 11.3 Å². The highest BCUT2D eigenvalue weighted by Gasteiger charge is 2.36. The fraction of sp³-hybridized carbons (Fsp3) is 0.333. The third-order valence-corrected chi connectivity index (χ3v) is 5.69. The first kappa shape index (κ1) is 16.1. The van der Waals surface area contributed by atoms with E-state index < -0.39 is 0 Å². The van der Waals surface area contributed by atoms with E-state index in [-0.39, 0.29) is 24.0 Å². The summed E-state index contributed by atoms with van der Waals surface area (Å²) in [4.78, 5) is 16.8. The average molecular weight is 359 g/mol. The second kappa shape index (κ2) is 6.48. The summed E-state index contributed by atoms with van der Waals surface area (Å²) < 4.78 is 12.9. The maximum Gasteiger partial charge on any atom is 0.229 e. The van der Waals surface area contributed by atoms with Gasteiger partial charge in [0.15, 0.2) is 5.13 Å². The topological polar surface area (TPSA) is 74.2 Å². The summed E-state index contributed by atoms with van der Waals surface area (Å²) in [5.74, 6) is 0.433. The molecule has 0 spiro atoms. The summed E-state index contributed by atoms with van der Waals surface area (Å²) in [6, 6.07) is 5.91. The number of halogens is 1. The van der Waals surface area contributed by atoms with Crippen molar-refractivity contribution in [3.05, 3.63) is 47.1 Å². The molecule has 7 heteroatoms. The summed E-state index contributed by atoms with van der Waals surface area (Å²) >= 11 is 1.30. The van der Waals surface area contributed by atoms with Gasteiger partial charge in [0.1, 0.15) is 5.82 Å². The van der Waals surface area contributed by atoms with Crippen molar-refractivity contribution in [3.8, 4) is 5.88 Å². The number of benzene rings is 1. The number of hydrogen-bond acceptors (Lipinski definition) is 5. The van der Waals surface area contributed by atoms with Crippen molar-refractivity contribution >= 4 is 28.1 Å². The van der Waals surface area contributed by atoms with Crippen LogP contribution in [0.1, 0.15) is 17.7 Å². The van der Waals surface area contributed by atoms with Gasteiger partial charge in [-0.2, -0.15) is 4.98 Å². The summed E-state index contributed by atoms with van der Waals surface area (Å²) in [6.07, 6.45) is 6.81. The fourth-order valence-corrected chi connectivity index (χ4v) is 4.43. The molecule has 0 saturated heterocycles. The lowest BCUT2D eigenvalue weighted by atomic mass is 10.0. The first-order valence-corrected chi connectivity index (χ1v) is 9.07. The molecule has 3 unspecified atom stereocenters. The van der Waals surface area contributed by atoms with Gasteiger partial charge in [0.2, 0.25) is 11.8 Å². The molecule has 1 aromatic carbocycles. The van der Waals surface area contributed by atoms with Crippen LogP contribution in [0, 0.1) is 17.7 Å². The van der Waals surface area contributed by atoms with E-state index in [0.29, 0.717) is 33.6 Å². The molecule has 130 valence electrons. The predicted molar refractivity (Wildman–Crippen MR) is 95.3 cm³/mol. The first-order valence-electron chi connectivity index (χ1n) is 8.26. The molecule has 0 radical (unpaired) electrons. The van der Waals surface area contributed by atoms with Crippen LogP contribution in [-0.4, -0.2) is 22.0 Å². The Bertz CT molecular complexity index is 818. The largest absolute Gasteiger partial charge is 0.492 e. The molecule has 3 atom stereocenters. The number of fused-ring (bicyclic) bond motifs is 2. The summed E-state index contributed by atoms with van der Waals surface area (Å²) in [5, 5.41) is 16.7. The number of nitrogens with one attached hydrogen (secondary N) is 2. The van der Waals surface area contributed by atoms with Crippen LogP contribution in [0.5, 0.6) is 5.88 Å². The second-order valence-corrected chi connectivity index (χ2v) is 7.61. The highest BCUT2D eigenvalue weighted by atomic mass is 32.1. The van der Waals surface area contributed by atoms with E-state index in [4.69, 9.17) is 0 Å². The zero-order chi connectivity index (χ0) is 17.4. The lowest BCUT2D eigenvalue weighted by Gasteiger charge is -2.18. The van der Waals surface area contributed by atoms with E-state index in [2.05, 4.69) is 27.8 Å². The normalized spacial score (nSPS) is 23.8. The Morgan fingerprint density at radius 3 is 2.76 bits per heavy atom. The van der Waals surface area contributed by atoms with Gasteiger partial charge in [0, 0.05) is 11.7 Å². The third-order valence-electron chi connectivity index (χ3n) is 4.71. The van der Waals surface area contributed by atoms with Crippen LogP contribution in [0.15, 0.2) is 36.4 Å². The van der Waals surface area contributed by atoms with Crippen molar-refractivity contribution < 1.29 is 14.3 Å². The van der Waals surface area contributed by atoms with E-state index in [1.165, 1.54) is 42.0 Å². The molecule has 2 aliphatic carbocycles. The quantitative estimate of drug-likeness (QED) is 0.714. The lowest BCUT2D eigenvalue weighted by Crippen LogP contribution is -2.23. The van der Waals surface area contributed by atoms with E-state index in [0.717, 1.165) is 6.42 Å². The predicted octanol–water partition coefficient (Wildman–Crippen LogP) is 3.55. The lowest BCUT2D eigenvalue weighted by molar-refractivity contribution is -0.115. The van der Waals surface area contributed by atoms with Gasteiger partial charge in [0.25, 0.3) is 0 Å². The Balaban J connectivity index is 1.37. The van der Waals surface area contributed by atoms with Crippen LogP contribution in [0.25, 0.3) is 0 Å². The zero-order valence-corrected chi connectivity index (χ0v) is 14.2. The summed E-state index contributed by atoms with van der Waals surface area (Å²) in [5.41, 5.74) is 0.516. The smallest absolute Gasteiger partial charge is 0.229 e. The number of hydrogen-bond donors (Lipinski definition) is 3. The molecule has 1 saturated carbocycles. The molecular weight excluding hydrogens is 341 g/mol. The Morgan fingerprint density at radius 1 is 1.28 bits per heavy atom. The number of rotatable bonds is 5. The standard InChI is InChI=1S/C18H18FN3O2S/c19-12-3-5-13(6-4-12)20-16(23)9-15-17(24)22-18(25-15)21-14-8-10-1-2-11(14)7-10/h1-6,10-11,14,24H,7-9H2,(H,20,23)(H,21,22). The average Bonchev–Trinajstić information content (AvgIpc) is 3.27. The molecule has 1 amide bonds. The molecule has 2 aromatic rings. The van der Waals surface area contributed by atoms with Crippen molar-refractivity contribution in [2.24, 2.45) is 11.8 Å². The van der Waals surface area contributed by atoms with E-state index in [9.17, 15) is 14.3 Å². The molecule has 1 aromatic heterocycles. The SMILES string of the molecule is O=C(Cc1sc(NC2CC3C=CC2C3)nc1O)Nc1ccc(F)cc1. The van der Waals surface area contributed by atoms with Crippen LogP contribution in [0.3, 0.4) is 0 Å². The number of thiazole rings is 1. The maximum absolute atomic E-state index is 12.9. The number of amides is 1. The molecule has 3 N–H and O–H groups in total. The number of nitrogens with zero attached hydrogens (tertiary/aromatic N) is 1. The Kier molecular flexibility index (Phi) is 4.17. The van der Waals surface area contributed by atoms with Gasteiger partial charge in [-0.1, -0.05) is 23.5 Å². The Morgan fingerprint density at radius 2 is 2.08 bits per heavy atom. The van der Waals surface area contributed by atoms with Crippen LogP contribution in [0.2, 0.25) is 0 Å².